The van der Waals surface area contributed by atoms with Crippen molar-refractivity contribution in [2.45, 2.75) is 97.2 Å². The standard InChI is InChI=1S/C27H40N2O5/c1-8-20(28-25(31)34-26(3,4)5)24(30)29-12-11-21-17(15-29)14-19-23(32-21)18-10-9-16(2)13-22(18)33-27(19,6)7/h9-10,13,17,19-21,23H,8,11-12,14-15H2,1-7H3,(H,28,31)/t17-,19+,20+,21+,23-/m0/s1. The number of aryl methyl sites for hydroxylation is 1. The molecule has 2 saturated heterocycles. The number of carbonyl (C=O) groups excluding carboxylic acids is 2. The second-order valence-electron chi connectivity index (χ2n) is 11.6. The monoisotopic (exact) mass is 472 g/mol. The fraction of sp³-hybridized carbons (Fsp3) is 0.704. The first-order chi connectivity index (χ1) is 15.9. The zero-order chi connectivity index (χ0) is 24.8. The lowest BCUT2D eigenvalue weighted by Gasteiger charge is -2.53. The molecule has 4 rings (SSSR count). The molecule has 3 aliphatic heterocycles. The van der Waals surface area contributed by atoms with Crippen molar-refractivity contribution < 1.29 is 23.8 Å². The van der Waals surface area contributed by atoms with Gasteiger partial charge in [0.05, 0.1) is 12.2 Å². The van der Waals surface area contributed by atoms with Crippen molar-refractivity contribution in [3.8, 4) is 5.75 Å². The molecule has 2 amide bonds. The number of nitrogens with one attached hydrogen (secondary N) is 1. The van der Waals surface area contributed by atoms with Crippen LogP contribution in [-0.2, 0) is 14.3 Å². The maximum absolute atomic E-state index is 13.3. The van der Waals surface area contributed by atoms with Gasteiger partial charge in [0.15, 0.2) is 0 Å². The summed E-state index contributed by atoms with van der Waals surface area (Å²) in [6.45, 7) is 15.0. The van der Waals surface area contributed by atoms with Gasteiger partial charge in [0, 0.05) is 30.5 Å². The minimum Gasteiger partial charge on any atom is -0.487 e. The number of hydrogen-bond donors (Lipinski definition) is 1. The number of piperidine rings is 1. The fourth-order valence-electron chi connectivity index (χ4n) is 5.62. The topological polar surface area (TPSA) is 77.1 Å². The lowest BCUT2D eigenvalue weighted by atomic mass is 9.70. The lowest BCUT2D eigenvalue weighted by molar-refractivity contribution is -0.189. The molecule has 2 fully saturated rings. The molecular weight excluding hydrogens is 432 g/mol. The highest BCUT2D eigenvalue weighted by atomic mass is 16.6. The maximum atomic E-state index is 13.3. The first-order valence-corrected chi connectivity index (χ1v) is 12.6. The molecule has 0 bridgehead atoms. The molecule has 3 aliphatic rings. The molecule has 0 radical (unpaired) electrons. The predicted octanol–water partition coefficient (Wildman–Crippen LogP) is 4.76. The fourth-order valence-corrected chi connectivity index (χ4v) is 5.62. The molecule has 0 spiro atoms. The maximum Gasteiger partial charge on any atom is 0.408 e. The number of hydrogen-bond acceptors (Lipinski definition) is 5. The summed E-state index contributed by atoms with van der Waals surface area (Å²) < 4.78 is 18.5. The minimum atomic E-state index is -0.605. The van der Waals surface area contributed by atoms with Gasteiger partial charge < -0.3 is 24.4 Å². The van der Waals surface area contributed by atoms with E-state index >= 15 is 0 Å². The SMILES string of the molecule is CC[C@@H](NC(=O)OC(C)(C)C)C(=O)N1CC[C@H]2O[C@H]3c4ccc(C)cc4OC(C)(C)[C@@H]3C[C@H]2C1. The van der Waals surface area contributed by atoms with Gasteiger partial charge in [-0.1, -0.05) is 19.1 Å². The Morgan fingerprint density at radius 2 is 2.03 bits per heavy atom. The summed E-state index contributed by atoms with van der Waals surface area (Å²) in [5, 5.41) is 2.76. The smallest absolute Gasteiger partial charge is 0.408 e. The first-order valence-electron chi connectivity index (χ1n) is 12.6. The number of benzene rings is 1. The molecule has 0 saturated carbocycles. The molecular formula is C27H40N2O5. The van der Waals surface area contributed by atoms with Gasteiger partial charge in [-0.3, -0.25) is 4.79 Å². The number of ether oxygens (including phenoxy) is 3. The zero-order valence-corrected chi connectivity index (χ0v) is 21.6. The van der Waals surface area contributed by atoms with E-state index in [0.29, 0.717) is 19.5 Å². The number of likely N-dealkylation sites (tertiary alicyclic amines) is 1. The lowest BCUT2D eigenvalue weighted by Crippen LogP contribution is -2.58. The summed E-state index contributed by atoms with van der Waals surface area (Å²) >= 11 is 0. The van der Waals surface area contributed by atoms with Crippen LogP contribution in [0.4, 0.5) is 4.79 Å². The third kappa shape index (κ3) is 5.04. The van der Waals surface area contributed by atoms with Crippen LogP contribution in [-0.4, -0.2) is 53.3 Å². The number of alkyl carbamates (subject to hydrolysis) is 1. The molecule has 7 nitrogen and oxygen atoms in total. The minimum absolute atomic E-state index is 0.0140. The Morgan fingerprint density at radius 3 is 2.71 bits per heavy atom. The molecule has 0 unspecified atom stereocenters. The average molecular weight is 473 g/mol. The molecule has 0 aliphatic carbocycles. The number of fused-ring (bicyclic) bond motifs is 4. The Kier molecular flexibility index (Phi) is 6.62. The molecule has 188 valence electrons. The van der Waals surface area contributed by atoms with Gasteiger partial charge >= 0.3 is 6.09 Å². The average Bonchev–Trinajstić information content (AvgIpc) is 2.74. The van der Waals surface area contributed by atoms with Gasteiger partial charge in [0.25, 0.3) is 0 Å². The summed E-state index contributed by atoms with van der Waals surface area (Å²) in [4.78, 5) is 27.4. The Hall–Kier alpha value is -2.28. The second-order valence-corrected chi connectivity index (χ2v) is 11.6. The summed E-state index contributed by atoms with van der Waals surface area (Å²) in [5.41, 5.74) is 1.36. The van der Waals surface area contributed by atoms with Gasteiger partial charge in [-0.15, -0.1) is 0 Å². The molecule has 1 aromatic carbocycles. The van der Waals surface area contributed by atoms with Crippen LogP contribution in [0.15, 0.2) is 18.2 Å². The highest BCUT2D eigenvalue weighted by Gasteiger charge is 2.51. The van der Waals surface area contributed by atoms with E-state index in [1.54, 1.807) is 0 Å². The van der Waals surface area contributed by atoms with Crippen molar-refractivity contribution in [3.05, 3.63) is 29.3 Å². The summed E-state index contributed by atoms with van der Waals surface area (Å²) in [6.07, 6.45) is 1.83. The van der Waals surface area contributed by atoms with Crippen LogP contribution in [0, 0.1) is 18.8 Å². The van der Waals surface area contributed by atoms with E-state index in [2.05, 4.69) is 44.3 Å². The van der Waals surface area contributed by atoms with Crippen molar-refractivity contribution >= 4 is 12.0 Å². The number of nitrogens with zero attached hydrogens (tertiary/aromatic N) is 1. The number of rotatable bonds is 3. The van der Waals surface area contributed by atoms with E-state index in [9.17, 15) is 9.59 Å². The third-order valence-electron chi connectivity index (χ3n) is 7.36. The Bertz CT molecular complexity index is 937. The van der Waals surface area contributed by atoms with Crippen LogP contribution in [0.5, 0.6) is 5.75 Å². The highest BCUT2D eigenvalue weighted by molar-refractivity contribution is 5.85. The van der Waals surface area contributed by atoms with E-state index in [-0.39, 0.29) is 35.6 Å². The van der Waals surface area contributed by atoms with E-state index < -0.39 is 17.7 Å². The van der Waals surface area contributed by atoms with Crippen molar-refractivity contribution in [2.75, 3.05) is 13.1 Å². The number of carbonyl (C=O) groups is 2. The van der Waals surface area contributed by atoms with E-state index in [4.69, 9.17) is 14.2 Å². The van der Waals surface area contributed by atoms with Crippen molar-refractivity contribution in [1.29, 1.82) is 0 Å². The summed E-state index contributed by atoms with van der Waals surface area (Å²) in [6, 6.07) is 5.78. The van der Waals surface area contributed by atoms with Crippen LogP contribution in [0.2, 0.25) is 0 Å². The molecule has 5 atom stereocenters. The highest BCUT2D eigenvalue weighted by Crippen LogP contribution is 2.53. The molecule has 1 N–H and O–H groups in total. The first kappa shape index (κ1) is 24.8. The van der Waals surface area contributed by atoms with Crippen LogP contribution < -0.4 is 10.1 Å². The summed E-state index contributed by atoms with van der Waals surface area (Å²) in [5.74, 6) is 1.33. The van der Waals surface area contributed by atoms with Gasteiger partial charge in [0.2, 0.25) is 5.91 Å². The Morgan fingerprint density at radius 1 is 1.29 bits per heavy atom. The normalized spacial score (nSPS) is 28.5. The van der Waals surface area contributed by atoms with Crippen LogP contribution in [0.3, 0.4) is 0 Å². The third-order valence-corrected chi connectivity index (χ3v) is 7.36. The number of amides is 2. The van der Waals surface area contributed by atoms with Crippen molar-refractivity contribution in [3.63, 3.8) is 0 Å². The quantitative estimate of drug-likeness (QED) is 0.686. The van der Waals surface area contributed by atoms with Crippen molar-refractivity contribution in [1.82, 2.24) is 10.2 Å². The molecule has 0 aromatic heterocycles. The van der Waals surface area contributed by atoms with Crippen LogP contribution >= 0.6 is 0 Å². The van der Waals surface area contributed by atoms with E-state index in [0.717, 1.165) is 24.2 Å². The van der Waals surface area contributed by atoms with Gasteiger partial charge in [-0.05, 0) is 72.4 Å². The van der Waals surface area contributed by atoms with E-state index in [1.165, 1.54) is 5.56 Å². The van der Waals surface area contributed by atoms with Crippen LogP contribution in [0.25, 0.3) is 0 Å². The predicted molar refractivity (Wildman–Crippen MR) is 130 cm³/mol. The molecule has 1 aromatic rings. The second kappa shape index (κ2) is 9.06. The zero-order valence-electron chi connectivity index (χ0n) is 21.6. The molecule has 7 heteroatoms. The Labute approximate surface area is 203 Å². The largest absolute Gasteiger partial charge is 0.487 e. The van der Waals surface area contributed by atoms with E-state index in [1.807, 2.05) is 32.6 Å². The molecule has 34 heavy (non-hydrogen) atoms. The molecule has 3 heterocycles. The van der Waals surface area contributed by atoms with Gasteiger partial charge in [-0.25, -0.2) is 4.79 Å². The van der Waals surface area contributed by atoms with Crippen LogP contribution in [0.1, 0.15) is 78.0 Å². The van der Waals surface area contributed by atoms with Gasteiger partial charge in [0.1, 0.15) is 23.0 Å². The summed E-state index contributed by atoms with van der Waals surface area (Å²) in [7, 11) is 0. The van der Waals surface area contributed by atoms with Crippen molar-refractivity contribution in [2.24, 2.45) is 11.8 Å². The Balaban J connectivity index is 1.45. The van der Waals surface area contributed by atoms with Gasteiger partial charge in [-0.2, -0.15) is 0 Å².